The van der Waals surface area contributed by atoms with E-state index in [9.17, 15) is 5.11 Å². The minimum absolute atomic E-state index is 0. The second-order valence-corrected chi connectivity index (χ2v) is 5.30. The standard InChI is InChI=1S/C11H14N3OS.C5H5N.Ni/c1-3-16-11(12)14-13-8(2)9-6-4-5-7-10(9)15;1-2-4-6-5-3-1;/h4-7H,3H2,1-2H3,(H2-,12,13,14,15);1-5H;/q-1;;+2/p-1. The van der Waals surface area contributed by atoms with E-state index in [2.05, 4.69) is 15.2 Å². The maximum atomic E-state index is 11.4. The number of rotatable bonds is 3. The van der Waals surface area contributed by atoms with Crippen LogP contribution in [0.1, 0.15) is 19.4 Å². The number of hydrogen-bond donors (Lipinski definition) is 0. The summed E-state index contributed by atoms with van der Waals surface area (Å²) in [4.78, 5) is 3.78. The smallest absolute Gasteiger partial charge is 0.872 e. The molecule has 5 nitrogen and oxygen atoms in total. The number of aromatic nitrogens is 1. The quantitative estimate of drug-likeness (QED) is 0.356. The second-order valence-electron chi connectivity index (χ2n) is 4.04. The van der Waals surface area contributed by atoms with Gasteiger partial charge in [-0.1, -0.05) is 43.0 Å². The van der Waals surface area contributed by atoms with Crippen LogP contribution in [0.4, 0.5) is 0 Å². The first kappa shape index (κ1) is 21.2. The molecule has 0 aliphatic heterocycles. The molecule has 0 saturated carbocycles. The van der Waals surface area contributed by atoms with Gasteiger partial charge in [0, 0.05) is 18.1 Å². The van der Waals surface area contributed by atoms with Crippen LogP contribution in [0.5, 0.6) is 5.75 Å². The summed E-state index contributed by atoms with van der Waals surface area (Å²) >= 11 is 1.30. The zero-order valence-electron chi connectivity index (χ0n) is 12.9. The Morgan fingerprint density at radius 2 is 1.78 bits per heavy atom. The fraction of sp³-hybridized carbons (Fsp3) is 0.188. The van der Waals surface area contributed by atoms with Crippen molar-refractivity contribution in [2.45, 2.75) is 13.8 Å². The molecule has 1 aromatic heterocycles. The van der Waals surface area contributed by atoms with Crippen LogP contribution in [-0.4, -0.2) is 21.6 Å². The van der Waals surface area contributed by atoms with Crippen LogP contribution >= 0.6 is 11.8 Å². The Morgan fingerprint density at radius 1 is 1.13 bits per heavy atom. The van der Waals surface area contributed by atoms with Crippen molar-refractivity contribution in [3.05, 3.63) is 66.2 Å². The summed E-state index contributed by atoms with van der Waals surface area (Å²) in [6.07, 6.45) is 3.50. The Kier molecular flexibility index (Phi) is 11.7. The Bertz CT molecular complexity index is 594. The predicted molar refractivity (Wildman–Crippen MR) is 92.2 cm³/mol. The van der Waals surface area contributed by atoms with Gasteiger partial charge in [-0.05, 0) is 35.5 Å². The topological polar surface area (TPSA) is 84.5 Å². The van der Waals surface area contributed by atoms with Gasteiger partial charge in [-0.3, -0.25) is 10.1 Å². The second kappa shape index (κ2) is 12.7. The maximum absolute atomic E-state index is 11.4. The number of hydrogen-bond acceptors (Lipinski definition) is 5. The largest absolute Gasteiger partial charge is 2.00 e. The van der Waals surface area contributed by atoms with Crippen molar-refractivity contribution in [2.24, 2.45) is 10.2 Å². The first-order valence-corrected chi connectivity index (χ1v) is 7.71. The minimum atomic E-state index is -0.0753. The summed E-state index contributed by atoms with van der Waals surface area (Å²) in [6.45, 7) is 3.66. The maximum Gasteiger partial charge on any atom is 2.00 e. The average Bonchev–Trinajstić information content (AvgIpc) is 2.55. The summed E-state index contributed by atoms with van der Waals surface area (Å²) in [5.74, 6) is 0.711. The fourth-order valence-corrected chi connectivity index (χ4v) is 1.79. The molecule has 0 fully saturated rings. The molecule has 0 unspecified atom stereocenters. The van der Waals surface area contributed by atoms with Crippen molar-refractivity contribution in [1.29, 1.82) is 0 Å². The third-order valence-corrected chi connectivity index (χ3v) is 3.06. The number of pyridine rings is 1. The molecule has 0 aliphatic carbocycles. The SMILES string of the molecule is CCS/C([NH-])=N/N=C(\C)c1ccccc1[O-].[Ni+2].c1ccncc1. The van der Waals surface area contributed by atoms with Crippen molar-refractivity contribution < 1.29 is 21.6 Å². The molecule has 0 spiro atoms. The van der Waals surface area contributed by atoms with Gasteiger partial charge in [0.15, 0.2) is 0 Å². The van der Waals surface area contributed by atoms with Gasteiger partial charge < -0.3 is 15.9 Å². The van der Waals surface area contributed by atoms with Crippen LogP contribution in [0, 0.1) is 0 Å². The normalized spacial score (nSPS) is 11.0. The molecule has 0 radical (unpaired) electrons. The minimum Gasteiger partial charge on any atom is -0.872 e. The first-order chi connectivity index (χ1) is 10.6. The van der Waals surface area contributed by atoms with Gasteiger partial charge in [-0.15, -0.1) is 11.8 Å². The van der Waals surface area contributed by atoms with E-state index in [-0.39, 0.29) is 27.4 Å². The van der Waals surface area contributed by atoms with E-state index in [0.717, 1.165) is 5.75 Å². The van der Waals surface area contributed by atoms with Crippen LogP contribution in [0.2, 0.25) is 0 Å². The van der Waals surface area contributed by atoms with E-state index in [4.69, 9.17) is 5.73 Å². The van der Waals surface area contributed by atoms with Crippen molar-refractivity contribution in [3.63, 3.8) is 0 Å². The summed E-state index contributed by atoms with van der Waals surface area (Å²) in [7, 11) is 0. The van der Waals surface area contributed by atoms with Gasteiger partial charge in [-0.25, -0.2) is 0 Å². The molecule has 23 heavy (non-hydrogen) atoms. The molecule has 124 valence electrons. The molecule has 0 atom stereocenters. The van der Waals surface area contributed by atoms with E-state index in [0.29, 0.717) is 11.3 Å². The number of amidine groups is 1. The summed E-state index contributed by atoms with van der Waals surface area (Å²) in [5.41, 5.74) is 8.47. The fourth-order valence-electron chi connectivity index (χ4n) is 1.42. The molecule has 0 aliphatic rings. The van der Waals surface area contributed by atoms with Crippen molar-refractivity contribution in [3.8, 4) is 5.75 Å². The molecule has 7 heteroatoms. The summed E-state index contributed by atoms with van der Waals surface area (Å²) < 4.78 is 0. The zero-order chi connectivity index (χ0) is 16.2. The van der Waals surface area contributed by atoms with Crippen molar-refractivity contribution >= 4 is 22.6 Å². The van der Waals surface area contributed by atoms with E-state index in [1.807, 2.05) is 25.1 Å². The Balaban J connectivity index is 0.000000581. The third kappa shape index (κ3) is 9.01. The van der Waals surface area contributed by atoms with Gasteiger partial charge in [-0.2, -0.15) is 0 Å². The number of benzene rings is 1. The van der Waals surface area contributed by atoms with Gasteiger partial charge in [0.25, 0.3) is 0 Å². The van der Waals surface area contributed by atoms with E-state index < -0.39 is 0 Å². The molecule has 1 aromatic carbocycles. The number of nitrogens with one attached hydrogen (secondary N) is 1. The number of nitrogens with zero attached hydrogens (tertiary/aromatic N) is 3. The number of para-hydroxylation sites is 1. The summed E-state index contributed by atoms with van der Waals surface area (Å²) in [6, 6.07) is 12.4. The van der Waals surface area contributed by atoms with Crippen LogP contribution in [0.15, 0.2) is 65.1 Å². The molecule has 2 rings (SSSR count). The molecular weight excluding hydrogens is 355 g/mol. The van der Waals surface area contributed by atoms with Gasteiger partial charge in [0.05, 0.1) is 0 Å². The molecule has 1 N–H and O–H groups in total. The monoisotopic (exact) mass is 372 g/mol. The van der Waals surface area contributed by atoms with Crippen LogP contribution < -0.4 is 5.11 Å². The average molecular weight is 373 g/mol. The predicted octanol–water partition coefficient (Wildman–Crippen LogP) is 3.72. The molecule has 0 saturated heterocycles. The molecule has 2 aromatic rings. The van der Waals surface area contributed by atoms with E-state index in [1.54, 1.807) is 37.5 Å². The van der Waals surface area contributed by atoms with E-state index >= 15 is 0 Å². The zero-order valence-corrected chi connectivity index (χ0v) is 14.7. The molecular formula is C16H18N4NiOS. The number of thioether (sulfide) groups is 1. The summed E-state index contributed by atoms with van der Waals surface area (Å²) in [5, 5.41) is 19.2. The molecule has 0 amide bonds. The van der Waals surface area contributed by atoms with Crippen LogP contribution in [-0.2, 0) is 16.5 Å². The Labute approximate surface area is 151 Å². The first-order valence-electron chi connectivity index (χ1n) is 6.73. The van der Waals surface area contributed by atoms with Gasteiger partial charge in [0.1, 0.15) is 0 Å². The molecule has 1 heterocycles. The van der Waals surface area contributed by atoms with Crippen molar-refractivity contribution in [1.82, 2.24) is 4.98 Å². The Hall–Kier alpha value is -1.85. The Morgan fingerprint density at radius 3 is 2.26 bits per heavy atom. The third-order valence-electron chi connectivity index (χ3n) is 2.42. The molecule has 0 bridgehead atoms. The van der Waals surface area contributed by atoms with Crippen molar-refractivity contribution in [2.75, 3.05) is 5.75 Å². The van der Waals surface area contributed by atoms with Gasteiger partial charge in [0.2, 0.25) is 0 Å². The van der Waals surface area contributed by atoms with E-state index in [1.165, 1.54) is 17.8 Å². The van der Waals surface area contributed by atoms with Gasteiger partial charge >= 0.3 is 16.5 Å². The van der Waals surface area contributed by atoms with Crippen LogP contribution in [0.3, 0.4) is 0 Å². The van der Waals surface area contributed by atoms with Crippen LogP contribution in [0.25, 0.3) is 5.73 Å².